The molecule has 0 N–H and O–H groups in total. The van der Waals surface area contributed by atoms with Crippen molar-refractivity contribution in [1.82, 2.24) is 0 Å². The highest BCUT2D eigenvalue weighted by Gasteiger charge is 2.25. The number of rotatable bonds is 9. The predicted molar refractivity (Wildman–Crippen MR) is 127 cm³/mol. The highest BCUT2D eigenvalue weighted by Crippen LogP contribution is 2.40. The van der Waals surface area contributed by atoms with Crippen molar-refractivity contribution in [2.75, 3.05) is 28.4 Å². The van der Waals surface area contributed by atoms with Crippen LogP contribution in [0.4, 0.5) is 0 Å². The van der Waals surface area contributed by atoms with Crippen molar-refractivity contribution in [2.45, 2.75) is 45.8 Å². The van der Waals surface area contributed by atoms with E-state index in [2.05, 4.69) is 22.9 Å². The van der Waals surface area contributed by atoms with E-state index in [1.165, 1.54) is 0 Å². The lowest BCUT2D eigenvalue weighted by Gasteiger charge is -2.25. The maximum atomic E-state index is 5.99. The van der Waals surface area contributed by atoms with Gasteiger partial charge in [-0.25, -0.2) is 0 Å². The molecule has 0 aliphatic carbocycles. The zero-order chi connectivity index (χ0) is 23.4. The summed E-state index contributed by atoms with van der Waals surface area (Å²) < 4.78 is 34.3. The van der Waals surface area contributed by atoms with Gasteiger partial charge in [0.05, 0.1) is 26.0 Å². The largest absolute Gasteiger partial charge is 0.493 e. The molecule has 3 atom stereocenters. The molecule has 1 heterocycles. The standard InChI is InChI=1S/C24H30BrNO6/c1-13-8-16-9-19(29-6)20(30-7)12-18(16)24(26-13)17-10-21(31-14(2)27-4)23(25)22(11-17)32-15(3)28-5/h9-15H,8H2,1-7H3. The van der Waals surface area contributed by atoms with E-state index in [1.54, 1.807) is 28.4 Å². The van der Waals surface area contributed by atoms with E-state index in [-0.39, 0.29) is 6.04 Å². The Labute approximate surface area is 197 Å². The minimum absolute atomic E-state index is 0.101. The molecule has 174 valence electrons. The van der Waals surface area contributed by atoms with Crippen LogP contribution >= 0.6 is 15.9 Å². The summed E-state index contributed by atoms with van der Waals surface area (Å²) in [5.41, 5.74) is 3.81. The van der Waals surface area contributed by atoms with Gasteiger partial charge in [-0.1, -0.05) is 0 Å². The Bertz CT molecular complexity index is 960. The molecule has 2 aromatic carbocycles. The minimum Gasteiger partial charge on any atom is -0.493 e. The van der Waals surface area contributed by atoms with Gasteiger partial charge in [0.2, 0.25) is 0 Å². The zero-order valence-electron chi connectivity index (χ0n) is 19.5. The first-order chi connectivity index (χ1) is 15.3. The average molecular weight is 508 g/mol. The molecule has 1 aliphatic rings. The van der Waals surface area contributed by atoms with Gasteiger partial charge >= 0.3 is 0 Å². The molecule has 8 heteroatoms. The van der Waals surface area contributed by atoms with Crippen LogP contribution in [0.3, 0.4) is 0 Å². The van der Waals surface area contributed by atoms with E-state index in [1.807, 2.05) is 38.1 Å². The van der Waals surface area contributed by atoms with Crippen LogP contribution in [-0.2, 0) is 15.9 Å². The Morgan fingerprint density at radius 1 is 0.844 bits per heavy atom. The average Bonchev–Trinajstić information content (AvgIpc) is 2.79. The smallest absolute Gasteiger partial charge is 0.196 e. The van der Waals surface area contributed by atoms with E-state index in [0.29, 0.717) is 27.5 Å². The van der Waals surface area contributed by atoms with E-state index >= 15 is 0 Å². The Morgan fingerprint density at radius 3 is 1.88 bits per heavy atom. The van der Waals surface area contributed by atoms with Gasteiger partial charge < -0.3 is 28.4 Å². The van der Waals surface area contributed by atoms with Crippen LogP contribution in [0, 0.1) is 0 Å². The van der Waals surface area contributed by atoms with Crippen molar-refractivity contribution in [3.63, 3.8) is 0 Å². The third-order valence-electron chi connectivity index (χ3n) is 5.26. The molecule has 1 aliphatic heterocycles. The number of aliphatic imine (C=N–C) groups is 1. The van der Waals surface area contributed by atoms with Crippen LogP contribution in [0.5, 0.6) is 23.0 Å². The van der Waals surface area contributed by atoms with Gasteiger partial charge in [-0.2, -0.15) is 0 Å². The fraction of sp³-hybridized carbons (Fsp3) is 0.458. The summed E-state index contributed by atoms with van der Waals surface area (Å²) in [6.07, 6.45) is -0.0830. The van der Waals surface area contributed by atoms with Gasteiger partial charge in [-0.05, 0) is 73.0 Å². The lowest BCUT2D eigenvalue weighted by atomic mass is 9.90. The van der Waals surface area contributed by atoms with Gasteiger partial charge in [0.1, 0.15) is 16.0 Å². The first-order valence-corrected chi connectivity index (χ1v) is 11.2. The summed E-state index contributed by atoms with van der Waals surface area (Å²) in [5, 5.41) is 0. The normalized spacial score (nSPS) is 17.1. The van der Waals surface area contributed by atoms with E-state index in [9.17, 15) is 0 Å². The number of fused-ring (bicyclic) bond motifs is 1. The topological polar surface area (TPSA) is 67.7 Å². The van der Waals surface area contributed by atoms with Crippen LogP contribution in [0.15, 0.2) is 33.7 Å². The van der Waals surface area contributed by atoms with Crippen LogP contribution < -0.4 is 18.9 Å². The van der Waals surface area contributed by atoms with Crippen LogP contribution in [-0.4, -0.2) is 52.8 Å². The van der Waals surface area contributed by atoms with Crippen LogP contribution in [0.1, 0.15) is 37.5 Å². The van der Waals surface area contributed by atoms with E-state index in [0.717, 1.165) is 28.8 Å². The molecule has 0 amide bonds. The number of benzene rings is 2. The summed E-state index contributed by atoms with van der Waals surface area (Å²) in [6.45, 7) is 5.74. The molecule has 0 saturated heterocycles. The molecule has 0 saturated carbocycles. The molecule has 3 rings (SSSR count). The third kappa shape index (κ3) is 5.19. The molecule has 0 aromatic heterocycles. The van der Waals surface area contributed by atoms with Gasteiger partial charge in [0.25, 0.3) is 0 Å². The van der Waals surface area contributed by atoms with Crippen molar-refractivity contribution >= 4 is 21.6 Å². The second kappa shape index (κ2) is 10.6. The lowest BCUT2D eigenvalue weighted by Crippen LogP contribution is -2.21. The van der Waals surface area contributed by atoms with Crippen LogP contribution in [0.2, 0.25) is 0 Å². The second-order valence-electron chi connectivity index (χ2n) is 7.52. The Morgan fingerprint density at radius 2 is 1.38 bits per heavy atom. The number of hydrogen-bond acceptors (Lipinski definition) is 7. The number of halogens is 1. The van der Waals surface area contributed by atoms with Crippen LogP contribution in [0.25, 0.3) is 0 Å². The Balaban J connectivity index is 2.17. The predicted octanol–water partition coefficient (Wildman–Crippen LogP) is 4.99. The molecule has 3 unspecified atom stereocenters. The third-order valence-corrected chi connectivity index (χ3v) is 6.04. The summed E-state index contributed by atoms with van der Waals surface area (Å²) in [5.74, 6) is 2.52. The lowest BCUT2D eigenvalue weighted by molar-refractivity contribution is -0.0434. The molecule has 0 radical (unpaired) electrons. The van der Waals surface area contributed by atoms with Gasteiger partial charge in [0, 0.05) is 25.3 Å². The van der Waals surface area contributed by atoms with Gasteiger partial charge in [-0.3, -0.25) is 4.99 Å². The summed E-state index contributed by atoms with van der Waals surface area (Å²) in [6, 6.07) is 7.96. The Hall–Kier alpha value is -2.29. The van der Waals surface area contributed by atoms with Crippen molar-refractivity contribution in [1.29, 1.82) is 0 Å². The van der Waals surface area contributed by atoms with Crippen molar-refractivity contribution in [3.05, 3.63) is 45.4 Å². The number of nitrogens with zero attached hydrogens (tertiary/aromatic N) is 1. The monoisotopic (exact) mass is 507 g/mol. The molecule has 7 nitrogen and oxygen atoms in total. The van der Waals surface area contributed by atoms with E-state index in [4.69, 9.17) is 33.4 Å². The first kappa shape index (κ1) is 24.4. The first-order valence-electron chi connectivity index (χ1n) is 10.4. The van der Waals surface area contributed by atoms with Crippen molar-refractivity contribution in [2.24, 2.45) is 4.99 Å². The number of ether oxygens (including phenoxy) is 6. The molecule has 0 fully saturated rings. The zero-order valence-corrected chi connectivity index (χ0v) is 21.1. The molecular formula is C24H30BrNO6. The molecule has 2 aromatic rings. The maximum Gasteiger partial charge on any atom is 0.196 e. The fourth-order valence-electron chi connectivity index (χ4n) is 3.53. The summed E-state index contributed by atoms with van der Waals surface area (Å²) in [4.78, 5) is 4.97. The summed E-state index contributed by atoms with van der Waals surface area (Å²) in [7, 11) is 6.45. The highest BCUT2D eigenvalue weighted by molar-refractivity contribution is 9.10. The van der Waals surface area contributed by atoms with Gasteiger partial charge in [0.15, 0.2) is 24.1 Å². The second-order valence-corrected chi connectivity index (χ2v) is 8.32. The SMILES string of the molecule is COc1cc2c(cc1OC)C(c1cc(OC(C)OC)c(Br)c(OC(C)OC)c1)=NC(C)C2. The molecular weight excluding hydrogens is 478 g/mol. The molecule has 32 heavy (non-hydrogen) atoms. The van der Waals surface area contributed by atoms with E-state index < -0.39 is 12.6 Å². The van der Waals surface area contributed by atoms with Crippen molar-refractivity contribution < 1.29 is 28.4 Å². The van der Waals surface area contributed by atoms with Gasteiger partial charge in [-0.15, -0.1) is 0 Å². The molecule has 0 bridgehead atoms. The fourth-order valence-corrected chi connectivity index (χ4v) is 3.94. The number of methoxy groups -OCH3 is 4. The Kier molecular flexibility index (Phi) is 8.03. The van der Waals surface area contributed by atoms with Crippen molar-refractivity contribution in [3.8, 4) is 23.0 Å². The quantitative estimate of drug-likeness (QED) is 0.445. The molecule has 0 spiro atoms. The minimum atomic E-state index is -0.446. The maximum absolute atomic E-state index is 5.99. The number of hydrogen-bond donors (Lipinski definition) is 0. The highest BCUT2D eigenvalue weighted by atomic mass is 79.9. The summed E-state index contributed by atoms with van der Waals surface area (Å²) >= 11 is 3.60.